The van der Waals surface area contributed by atoms with Crippen LogP contribution in [0.5, 0.6) is 0 Å². The summed E-state index contributed by atoms with van der Waals surface area (Å²) in [7, 11) is -4.34. The molecular formula is C14H31O4P. The Morgan fingerprint density at radius 1 is 0.947 bits per heavy atom. The molecule has 0 aromatic rings. The van der Waals surface area contributed by atoms with E-state index in [-0.39, 0.29) is 6.10 Å². The molecule has 0 aliphatic heterocycles. The monoisotopic (exact) mass is 294 g/mol. The van der Waals surface area contributed by atoms with Crippen LogP contribution in [-0.2, 0) is 9.09 Å². The van der Waals surface area contributed by atoms with Gasteiger partial charge in [0, 0.05) is 0 Å². The summed E-state index contributed by atoms with van der Waals surface area (Å²) in [5.41, 5.74) is 0. The maximum atomic E-state index is 10.9. The minimum Gasteiger partial charge on any atom is -0.303 e. The molecule has 1 unspecified atom stereocenters. The summed E-state index contributed by atoms with van der Waals surface area (Å²) in [5.74, 6) is 0.760. The standard InChI is InChI=1S/C14H31O4P/c1-4-5-11-14(18-19(15,16)17)12-9-7-6-8-10-13(2)3/h13-14H,4-12H2,1-3H3,(H2,15,16,17). The van der Waals surface area contributed by atoms with Gasteiger partial charge in [0.05, 0.1) is 6.10 Å². The lowest BCUT2D eigenvalue weighted by molar-refractivity contribution is 0.116. The van der Waals surface area contributed by atoms with Crippen LogP contribution >= 0.6 is 7.82 Å². The van der Waals surface area contributed by atoms with Crippen molar-refractivity contribution in [3.8, 4) is 0 Å². The molecule has 0 amide bonds. The van der Waals surface area contributed by atoms with E-state index in [0.29, 0.717) is 0 Å². The third kappa shape index (κ3) is 14.3. The molecule has 19 heavy (non-hydrogen) atoms. The molecule has 0 saturated heterocycles. The number of phosphoric acid groups is 1. The molecule has 0 spiro atoms. The Labute approximate surface area is 118 Å². The molecule has 0 aromatic carbocycles. The van der Waals surface area contributed by atoms with E-state index in [1.807, 2.05) is 0 Å². The molecule has 0 rings (SSSR count). The average Bonchev–Trinajstić information content (AvgIpc) is 2.28. The van der Waals surface area contributed by atoms with Crippen LogP contribution < -0.4 is 0 Å². The van der Waals surface area contributed by atoms with E-state index in [9.17, 15) is 4.57 Å². The van der Waals surface area contributed by atoms with Gasteiger partial charge in [-0.25, -0.2) is 4.57 Å². The fourth-order valence-corrected chi connectivity index (χ4v) is 2.75. The maximum Gasteiger partial charge on any atom is 0.469 e. The van der Waals surface area contributed by atoms with Crippen LogP contribution in [-0.4, -0.2) is 15.9 Å². The van der Waals surface area contributed by atoms with Gasteiger partial charge in [-0.15, -0.1) is 0 Å². The van der Waals surface area contributed by atoms with Crippen LogP contribution in [0.4, 0.5) is 0 Å². The van der Waals surface area contributed by atoms with Gasteiger partial charge < -0.3 is 9.79 Å². The summed E-state index contributed by atoms with van der Waals surface area (Å²) in [6, 6.07) is 0. The maximum absolute atomic E-state index is 10.9. The zero-order valence-electron chi connectivity index (χ0n) is 12.7. The SMILES string of the molecule is CCCCC(CCCCCCC(C)C)OP(=O)(O)O. The fraction of sp³-hybridized carbons (Fsp3) is 1.00. The van der Waals surface area contributed by atoms with E-state index in [1.54, 1.807) is 0 Å². The van der Waals surface area contributed by atoms with Crippen molar-refractivity contribution in [3.63, 3.8) is 0 Å². The molecule has 0 heterocycles. The van der Waals surface area contributed by atoms with Crippen molar-refractivity contribution in [1.29, 1.82) is 0 Å². The summed E-state index contributed by atoms with van der Waals surface area (Å²) < 4.78 is 15.7. The van der Waals surface area contributed by atoms with Crippen molar-refractivity contribution in [2.24, 2.45) is 5.92 Å². The lowest BCUT2D eigenvalue weighted by Crippen LogP contribution is -2.11. The lowest BCUT2D eigenvalue weighted by atomic mass is 10.0. The van der Waals surface area contributed by atoms with Crippen molar-refractivity contribution in [3.05, 3.63) is 0 Å². The first-order valence-electron chi connectivity index (χ1n) is 7.59. The molecule has 0 bridgehead atoms. The van der Waals surface area contributed by atoms with Crippen molar-refractivity contribution < 1.29 is 18.9 Å². The Hall–Kier alpha value is 0.110. The van der Waals surface area contributed by atoms with Gasteiger partial charge in [-0.05, 0) is 18.8 Å². The van der Waals surface area contributed by atoms with Crippen LogP contribution in [0.2, 0.25) is 0 Å². The zero-order chi connectivity index (χ0) is 14.7. The van der Waals surface area contributed by atoms with Crippen LogP contribution in [0, 0.1) is 5.92 Å². The predicted molar refractivity (Wildman–Crippen MR) is 79.0 cm³/mol. The Morgan fingerprint density at radius 3 is 1.95 bits per heavy atom. The third-order valence-electron chi connectivity index (χ3n) is 3.22. The van der Waals surface area contributed by atoms with Crippen molar-refractivity contribution >= 4 is 7.82 Å². The van der Waals surface area contributed by atoms with Gasteiger partial charge in [-0.2, -0.15) is 0 Å². The highest BCUT2D eigenvalue weighted by Crippen LogP contribution is 2.39. The highest BCUT2D eigenvalue weighted by Gasteiger charge is 2.21. The summed E-state index contributed by atoms with van der Waals surface area (Å²) in [5, 5.41) is 0. The Morgan fingerprint density at radius 2 is 1.47 bits per heavy atom. The molecule has 116 valence electrons. The first-order chi connectivity index (χ1) is 8.85. The number of unbranched alkanes of at least 4 members (excludes halogenated alkanes) is 4. The summed E-state index contributed by atoms with van der Waals surface area (Å²) in [6.07, 6.45) is 9.02. The highest BCUT2D eigenvalue weighted by molar-refractivity contribution is 7.46. The van der Waals surface area contributed by atoms with Gasteiger partial charge in [-0.3, -0.25) is 4.52 Å². The van der Waals surface area contributed by atoms with E-state index < -0.39 is 7.82 Å². The normalized spacial score (nSPS) is 14.0. The summed E-state index contributed by atoms with van der Waals surface area (Å²) in [6.45, 7) is 6.53. The molecule has 0 radical (unpaired) electrons. The number of phosphoric ester groups is 1. The van der Waals surface area contributed by atoms with Gasteiger partial charge in [0.1, 0.15) is 0 Å². The smallest absolute Gasteiger partial charge is 0.303 e. The minimum atomic E-state index is -4.34. The zero-order valence-corrected chi connectivity index (χ0v) is 13.6. The second kappa shape index (κ2) is 10.8. The van der Waals surface area contributed by atoms with Crippen LogP contribution in [0.3, 0.4) is 0 Å². The van der Waals surface area contributed by atoms with E-state index in [1.165, 1.54) is 19.3 Å². The first-order valence-corrected chi connectivity index (χ1v) is 9.12. The van der Waals surface area contributed by atoms with Crippen LogP contribution in [0.25, 0.3) is 0 Å². The summed E-state index contributed by atoms with van der Waals surface area (Å²) in [4.78, 5) is 17.8. The van der Waals surface area contributed by atoms with Crippen LogP contribution in [0.1, 0.15) is 78.6 Å². The number of hydrogen-bond donors (Lipinski definition) is 2. The number of hydrogen-bond acceptors (Lipinski definition) is 2. The predicted octanol–water partition coefficient (Wildman–Crippen LogP) is 4.65. The largest absolute Gasteiger partial charge is 0.469 e. The highest BCUT2D eigenvalue weighted by atomic mass is 31.2. The second-order valence-electron chi connectivity index (χ2n) is 5.75. The average molecular weight is 294 g/mol. The van der Waals surface area contributed by atoms with E-state index in [2.05, 4.69) is 20.8 Å². The Bertz CT molecular complexity index is 250. The lowest BCUT2D eigenvalue weighted by Gasteiger charge is -2.17. The molecule has 0 aliphatic rings. The molecular weight excluding hydrogens is 263 g/mol. The molecule has 2 N–H and O–H groups in total. The van der Waals surface area contributed by atoms with Crippen molar-refractivity contribution in [1.82, 2.24) is 0 Å². The molecule has 0 aromatic heterocycles. The molecule has 0 fully saturated rings. The van der Waals surface area contributed by atoms with Gasteiger partial charge >= 0.3 is 7.82 Å². The Balaban J connectivity index is 3.76. The number of rotatable bonds is 12. The van der Waals surface area contributed by atoms with E-state index in [0.717, 1.165) is 44.4 Å². The van der Waals surface area contributed by atoms with Gasteiger partial charge in [0.25, 0.3) is 0 Å². The molecule has 5 heteroatoms. The van der Waals surface area contributed by atoms with Crippen LogP contribution in [0.15, 0.2) is 0 Å². The third-order valence-corrected chi connectivity index (χ3v) is 3.80. The molecule has 0 aliphatic carbocycles. The van der Waals surface area contributed by atoms with Gasteiger partial charge in [0.15, 0.2) is 0 Å². The topological polar surface area (TPSA) is 66.8 Å². The Kier molecular flexibility index (Phi) is 10.9. The summed E-state index contributed by atoms with van der Waals surface area (Å²) >= 11 is 0. The molecule has 0 saturated carbocycles. The van der Waals surface area contributed by atoms with Gasteiger partial charge in [0.2, 0.25) is 0 Å². The fourth-order valence-electron chi connectivity index (χ4n) is 2.15. The van der Waals surface area contributed by atoms with E-state index >= 15 is 0 Å². The van der Waals surface area contributed by atoms with Crippen molar-refractivity contribution in [2.75, 3.05) is 0 Å². The first kappa shape index (κ1) is 19.1. The van der Waals surface area contributed by atoms with Crippen molar-refractivity contribution in [2.45, 2.75) is 84.7 Å². The second-order valence-corrected chi connectivity index (χ2v) is 6.94. The van der Waals surface area contributed by atoms with Gasteiger partial charge in [-0.1, -0.05) is 65.7 Å². The minimum absolute atomic E-state index is 0.286. The quantitative estimate of drug-likeness (QED) is 0.406. The molecule has 1 atom stereocenters. The molecule has 4 nitrogen and oxygen atoms in total. The van der Waals surface area contributed by atoms with E-state index in [4.69, 9.17) is 14.3 Å².